The molecular formula is C23H22F3N3O4S. The van der Waals surface area contributed by atoms with Crippen LogP contribution in [-0.2, 0) is 32.1 Å². The number of benzene rings is 2. The molecule has 0 aliphatic carbocycles. The minimum atomic E-state index is -4.71. The van der Waals surface area contributed by atoms with Gasteiger partial charge in [-0.05, 0) is 31.0 Å². The second-order valence-electron chi connectivity index (χ2n) is 8.08. The molecule has 3 aromatic rings. The van der Waals surface area contributed by atoms with E-state index in [1.807, 2.05) is 0 Å². The molecule has 1 aliphatic rings. The average Bonchev–Trinajstić information content (AvgIpc) is 3.42. The molecule has 0 atom stereocenters. The Morgan fingerprint density at radius 3 is 2.32 bits per heavy atom. The van der Waals surface area contributed by atoms with E-state index in [1.165, 1.54) is 22.9 Å². The summed E-state index contributed by atoms with van der Waals surface area (Å²) >= 11 is 0. The molecule has 1 N–H and O–H groups in total. The van der Waals surface area contributed by atoms with Gasteiger partial charge in [-0.15, -0.1) is 0 Å². The first-order valence-corrected chi connectivity index (χ1v) is 12.3. The molecule has 1 saturated heterocycles. The number of para-hydroxylation sites is 2. The van der Waals surface area contributed by atoms with Gasteiger partial charge in [-0.25, -0.2) is 8.42 Å². The zero-order chi connectivity index (χ0) is 24.5. The summed E-state index contributed by atoms with van der Waals surface area (Å²) in [6.07, 6.45) is -1.56. The normalized spacial score (nSPS) is 14.5. The number of nitrogens with one attached hydrogen (secondary N) is 1. The molecule has 180 valence electrons. The largest absolute Gasteiger partial charge is 0.418 e. The van der Waals surface area contributed by atoms with Crippen LogP contribution in [0.2, 0.25) is 0 Å². The van der Waals surface area contributed by atoms with Crippen LogP contribution in [0.15, 0.2) is 59.6 Å². The number of alkyl halides is 3. The predicted molar refractivity (Wildman–Crippen MR) is 120 cm³/mol. The van der Waals surface area contributed by atoms with E-state index in [0.29, 0.717) is 24.0 Å². The summed E-state index contributed by atoms with van der Waals surface area (Å²) in [6, 6.07) is 10.9. The summed E-state index contributed by atoms with van der Waals surface area (Å²) in [7, 11) is -4.23. The van der Waals surface area contributed by atoms with E-state index in [4.69, 9.17) is 0 Å². The lowest BCUT2D eigenvalue weighted by molar-refractivity contribution is -0.137. The van der Waals surface area contributed by atoms with Crippen molar-refractivity contribution >= 4 is 38.2 Å². The molecular weight excluding hydrogens is 471 g/mol. The van der Waals surface area contributed by atoms with Crippen molar-refractivity contribution in [2.75, 3.05) is 24.2 Å². The number of hydrogen-bond donors (Lipinski definition) is 1. The number of fused-ring (bicyclic) bond motifs is 1. The molecule has 0 bridgehead atoms. The zero-order valence-electron chi connectivity index (χ0n) is 18.0. The topological polar surface area (TPSA) is 88.5 Å². The smallest absolute Gasteiger partial charge is 0.341 e. The minimum Gasteiger partial charge on any atom is -0.341 e. The number of hydrogen-bond acceptors (Lipinski definition) is 4. The van der Waals surface area contributed by atoms with Gasteiger partial charge in [0.15, 0.2) is 9.84 Å². The van der Waals surface area contributed by atoms with Gasteiger partial charge >= 0.3 is 6.18 Å². The van der Waals surface area contributed by atoms with Crippen molar-refractivity contribution in [3.05, 3.63) is 60.3 Å². The second kappa shape index (κ2) is 9.13. The van der Waals surface area contributed by atoms with Crippen LogP contribution in [0.5, 0.6) is 0 Å². The van der Waals surface area contributed by atoms with Crippen LogP contribution in [0.25, 0.3) is 10.9 Å². The van der Waals surface area contributed by atoms with E-state index < -0.39 is 38.9 Å². The highest BCUT2D eigenvalue weighted by Gasteiger charge is 2.34. The van der Waals surface area contributed by atoms with Crippen molar-refractivity contribution in [2.24, 2.45) is 0 Å². The molecule has 1 aliphatic heterocycles. The Bertz CT molecular complexity index is 1340. The van der Waals surface area contributed by atoms with E-state index in [0.717, 1.165) is 25.0 Å². The van der Waals surface area contributed by atoms with E-state index >= 15 is 0 Å². The third-order valence-corrected chi connectivity index (χ3v) is 7.32. The average molecular weight is 494 g/mol. The number of sulfone groups is 1. The summed E-state index contributed by atoms with van der Waals surface area (Å²) in [4.78, 5) is 26.6. The zero-order valence-corrected chi connectivity index (χ0v) is 18.8. The van der Waals surface area contributed by atoms with Gasteiger partial charge in [-0.3, -0.25) is 9.59 Å². The van der Waals surface area contributed by atoms with Crippen LogP contribution in [-0.4, -0.2) is 48.5 Å². The van der Waals surface area contributed by atoms with Gasteiger partial charge in [-0.2, -0.15) is 13.2 Å². The number of likely N-dealkylation sites (tertiary alicyclic amines) is 1. The Hall–Kier alpha value is -3.34. The van der Waals surface area contributed by atoms with Crippen molar-refractivity contribution < 1.29 is 31.2 Å². The highest BCUT2D eigenvalue weighted by Crippen LogP contribution is 2.34. The number of carbonyl (C=O) groups excluding carboxylic acids is 2. The lowest BCUT2D eigenvalue weighted by Gasteiger charge is -2.16. The fraction of sp³-hybridized carbons (Fsp3) is 0.304. The maximum atomic E-state index is 13.2. The number of anilines is 1. The molecule has 1 fully saturated rings. The maximum absolute atomic E-state index is 13.2. The number of halogens is 3. The first-order chi connectivity index (χ1) is 16.1. The molecule has 2 aromatic carbocycles. The molecule has 0 saturated carbocycles. The van der Waals surface area contributed by atoms with Gasteiger partial charge in [0, 0.05) is 30.2 Å². The Kier molecular flexibility index (Phi) is 6.39. The lowest BCUT2D eigenvalue weighted by atomic mass is 10.1. The van der Waals surface area contributed by atoms with Gasteiger partial charge in [0.2, 0.25) is 11.8 Å². The Morgan fingerprint density at radius 2 is 1.62 bits per heavy atom. The summed E-state index contributed by atoms with van der Waals surface area (Å²) in [6.45, 7) is 1.26. The predicted octanol–water partition coefficient (Wildman–Crippen LogP) is 3.69. The highest BCUT2D eigenvalue weighted by atomic mass is 32.2. The van der Waals surface area contributed by atoms with Crippen molar-refractivity contribution in [1.82, 2.24) is 9.47 Å². The van der Waals surface area contributed by atoms with Gasteiger partial charge in [0.25, 0.3) is 0 Å². The van der Waals surface area contributed by atoms with Crippen molar-refractivity contribution in [2.45, 2.75) is 30.5 Å². The number of nitrogens with zero attached hydrogens (tertiary/aromatic N) is 2. The summed E-state index contributed by atoms with van der Waals surface area (Å²) in [5, 5.41) is 2.39. The van der Waals surface area contributed by atoms with Crippen LogP contribution in [0.1, 0.15) is 18.4 Å². The lowest BCUT2D eigenvalue weighted by Crippen LogP contribution is -2.30. The van der Waals surface area contributed by atoms with Gasteiger partial charge < -0.3 is 14.8 Å². The number of rotatable bonds is 6. The molecule has 11 heteroatoms. The quantitative estimate of drug-likeness (QED) is 0.567. The maximum Gasteiger partial charge on any atom is 0.418 e. The molecule has 2 amide bonds. The molecule has 4 rings (SSSR count). The SMILES string of the molecule is O=C(CS(=O)(=O)c1cn(CC(=O)N2CCCC2)c2ccccc12)Nc1ccccc1C(F)(F)F. The van der Waals surface area contributed by atoms with Crippen LogP contribution < -0.4 is 5.32 Å². The second-order valence-corrected chi connectivity index (χ2v) is 10.0. The monoisotopic (exact) mass is 493 g/mol. The van der Waals surface area contributed by atoms with Crippen LogP contribution in [0.4, 0.5) is 18.9 Å². The minimum absolute atomic E-state index is 0.0544. The van der Waals surface area contributed by atoms with E-state index in [1.54, 1.807) is 29.2 Å². The van der Waals surface area contributed by atoms with Crippen LogP contribution >= 0.6 is 0 Å². The molecule has 7 nitrogen and oxygen atoms in total. The Morgan fingerprint density at radius 1 is 0.971 bits per heavy atom. The van der Waals surface area contributed by atoms with Crippen LogP contribution in [0, 0.1) is 0 Å². The third kappa shape index (κ3) is 4.93. The van der Waals surface area contributed by atoms with Gasteiger partial charge in [0.1, 0.15) is 12.3 Å². The molecule has 0 unspecified atom stereocenters. The number of amides is 2. The Balaban J connectivity index is 1.59. The summed E-state index contributed by atoms with van der Waals surface area (Å²) in [5.41, 5.74) is -1.08. The standard InChI is InChI=1S/C23H22F3N3O4S/c24-23(25,26)17-8-2-3-9-18(17)27-21(30)15-34(32,33)20-13-29(19-10-4-1-7-16(19)20)14-22(31)28-11-5-6-12-28/h1-4,7-10,13H,5-6,11-12,14-15H2,(H,27,30). The molecule has 2 heterocycles. The fourth-order valence-electron chi connectivity index (χ4n) is 4.08. The molecule has 0 radical (unpaired) electrons. The van der Waals surface area contributed by atoms with E-state index in [9.17, 15) is 31.2 Å². The highest BCUT2D eigenvalue weighted by molar-refractivity contribution is 7.92. The van der Waals surface area contributed by atoms with Gasteiger partial charge in [0.05, 0.1) is 16.1 Å². The van der Waals surface area contributed by atoms with Crippen LogP contribution in [0.3, 0.4) is 0 Å². The van der Waals surface area contributed by atoms with Crippen molar-refractivity contribution in [1.29, 1.82) is 0 Å². The van der Waals surface area contributed by atoms with E-state index in [2.05, 4.69) is 5.32 Å². The van der Waals surface area contributed by atoms with E-state index in [-0.39, 0.29) is 17.3 Å². The summed E-state index contributed by atoms with van der Waals surface area (Å²) in [5.74, 6) is -2.28. The molecule has 0 spiro atoms. The first kappa shape index (κ1) is 23.8. The number of aromatic nitrogens is 1. The molecule has 1 aromatic heterocycles. The first-order valence-electron chi connectivity index (χ1n) is 10.6. The summed E-state index contributed by atoms with van der Waals surface area (Å²) < 4.78 is 67.3. The fourth-order valence-corrected chi connectivity index (χ4v) is 5.45. The number of carbonyl (C=O) groups is 2. The van der Waals surface area contributed by atoms with Gasteiger partial charge in [-0.1, -0.05) is 30.3 Å². The van der Waals surface area contributed by atoms with Crippen molar-refractivity contribution in [3.8, 4) is 0 Å². The Labute approximate surface area is 194 Å². The third-order valence-electron chi connectivity index (χ3n) is 5.68. The van der Waals surface area contributed by atoms with Crippen molar-refractivity contribution in [3.63, 3.8) is 0 Å². The molecule has 34 heavy (non-hydrogen) atoms.